The van der Waals surface area contributed by atoms with Crippen LogP contribution < -0.4 is 5.56 Å². The molecule has 1 aliphatic rings. The molecule has 2 aromatic carbocycles. The number of hydrogen-bond acceptors (Lipinski definition) is 4. The van der Waals surface area contributed by atoms with E-state index in [1.807, 2.05) is 13.1 Å². The summed E-state index contributed by atoms with van der Waals surface area (Å²) < 4.78 is 30.9. The summed E-state index contributed by atoms with van der Waals surface area (Å²) in [5.41, 5.74) is 3.05. The number of aryl methyl sites for hydroxylation is 1. The number of H-pyrrole nitrogens is 1. The molecule has 0 spiro atoms. The molecule has 5 rings (SSSR count). The van der Waals surface area contributed by atoms with Gasteiger partial charge < -0.3 is 4.90 Å². The van der Waals surface area contributed by atoms with Gasteiger partial charge in [0.15, 0.2) is 0 Å². The number of aromatic nitrogens is 4. The van der Waals surface area contributed by atoms with Crippen molar-refractivity contribution in [2.75, 3.05) is 13.6 Å². The van der Waals surface area contributed by atoms with Gasteiger partial charge >= 0.3 is 0 Å². The predicted octanol–water partition coefficient (Wildman–Crippen LogP) is 3.35. The van der Waals surface area contributed by atoms with Gasteiger partial charge in [0.2, 0.25) is 0 Å². The maximum atomic E-state index is 15.4. The van der Waals surface area contributed by atoms with Crippen LogP contribution in [0, 0.1) is 18.6 Å². The highest BCUT2D eigenvalue weighted by atomic mass is 19.1. The van der Waals surface area contributed by atoms with E-state index in [1.165, 1.54) is 12.1 Å². The van der Waals surface area contributed by atoms with Crippen molar-refractivity contribution in [3.63, 3.8) is 0 Å². The highest BCUT2D eigenvalue weighted by molar-refractivity contribution is 5.89. The zero-order valence-corrected chi connectivity index (χ0v) is 16.5. The average Bonchev–Trinajstić information content (AvgIpc) is 3.11. The van der Waals surface area contributed by atoms with Gasteiger partial charge in [-0.15, -0.1) is 0 Å². The first-order chi connectivity index (χ1) is 14.4. The van der Waals surface area contributed by atoms with Crippen LogP contribution in [0.3, 0.4) is 0 Å². The van der Waals surface area contributed by atoms with Crippen LogP contribution in [0.25, 0.3) is 28.0 Å². The minimum atomic E-state index is -0.558. The van der Waals surface area contributed by atoms with Crippen LogP contribution >= 0.6 is 0 Å². The van der Waals surface area contributed by atoms with Crippen LogP contribution in [0.4, 0.5) is 8.78 Å². The van der Waals surface area contributed by atoms with Crippen LogP contribution in [0.5, 0.6) is 0 Å². The van der Waals surface area contributed by atoms with E-state index >= 15 is 4.39 Å². The molecule has 0 saturated heterocycles. The fraction of sp³-hybridized carbons (Fsp3) is 0.227. The summed E-state index contributed by atoms with van der Waals surface area (Å²) in [6.45, 7) is 3.10. The van der Waals surface area contributed by atoms with Gasteiger partial charge in [0, 0.05) is 30.3 Å². The molecule has 0 fully saturated rings. The number of hydrogen-bond donors (Lipinski definition) is 1. The number of halogens is 2. The van der Waals surface area contributed by atoms with Gasteiger partial charge in [0.25, 0.3) is 5.56 Å². The molecule has 0 unspecified atom stereocenters. The molecule has 0 atom stereocenters. The summed E-state index contributed by atoms with van der Waals surface area (Å²) in [5.74, 6) is -0.897. The summed E-state index contributed by atoms with van der Waals surface area (Å²) in [5, 5.41) is 11.3. The predicted molar refractivity (Wildman–Crippen MR) is 110 cm³/mol. The number of nitrogens with one attached hydrogen (secondary N) is 1. The second-order valence-corrected chi connectivity index (χ2v) is 7.69. The van der Waals surface area contributed by atoms with Gasteiger partial charge in [-0.1, -0.05) is 18.2 Å². The van der Waals surface area contributed by atoms with Gasteiger partial charge in [-0.05, 0) is 43.7 Å². The van der Waals surface area contributed by atoms with E-state index < -0.39 is 11.4 Å². The lowest BCUT2D eigenvalue weighted by atomic mass is 9.95. The Hall–Kier alpha value is -3.39. The third-order valence-electron chi connectivity index (χ3n) is 5.63. The first kappa shape index (κ1) is 18.6. The summed E-state index contributed by atoms with van der Waals surface area (Å²) in [7, 11) is 1.95. The topological polar surface area (TPSA) is 66.8 Å². The highest BCUT2D eigenvalue weighted by Crippen LogP contribution is 2.32. The molecule has 0 amide bonds. The van der Waals surface area contributed by atoms with E-state index in [-0.39, 0.29) is 11.5 Å². The van der Waals surface area contributed by atoms with Crippen molar-refractivity contribution in [1.82, 2.24) is 24.9 Å². The van der Waals surface area contributed by atoms with Crippen molar-refractivity contribution < 1.29 is 8.78 Å². The normalized spacial score (nSPS) is 14.3. The number of aromatic amines is 1. The van der Waals surface area contributed by atoms with Crippen LogP contribution in [0.2, 0.25) is 0 Å². The van der Waals surface area contributed by atoms with E-state index in [9.17, 15) is 9.18 Å². The molecule has 4 aromatic rings. The second kappa shape index (κ2) is 6.84. The van der Waals surface area contributed by atoms with Crippen molar-refractivity contribution in [1.29, 1.82) is 0 Å². The number of benzene rings is 2. The Bertz CT molecular complexity index is 1340. The fourth-order valence-corrected chi connectivity index (χ4v) is 4.03. The molecular weight excluding hydrogens is 388 g/mol. The third kappa shape index (κ3) is 2.83. The lowest BCUT2D eigenvalue weighted by molar-refractivity contribution is 0.306. The van der Waals surface area contributed by atoms with Crippen molar-refractivity contribution in [2.45, 2.75) is 19.9 Å². The van der Waals surface area contributed by atoms with Gasteiger partial charge in [-0.2, -0.15) is 14.9 Å². The van der Waals surface area contributed by atoms with Gasteiger partial charge in [0.05, 0.1) is 5.52 Å². The van der Waals surface area contributed by atoms with Gasteiger partial charge in [0.1, 0.15) is 28.5 Å². The SMILES string of the molecule is Cc1cccc(F)c1-n1nc2c(-c3ccc4c(c3F)CN(C)CC4)n[nH]c2cc1=O. The Balaban J connectivity index is 1.73. The minimum Gasteiger partial charge on any atom is -0.302 e. The smallest absolute Gasteiger partial charge is 0.273 e. The molecule has 0 aliphatic carbocycles. The third-order valence-corrected chi connectivity index (χ3v) is 5.63. The highest BCUT2D eigenvalue weighted by Gasteiger charge is 2.23. The average molecular weight is 407 g/mol. The molecule has 152 valence electrons. The molecule has 0 saturated carbocycles. The molecule has 1 N–H and O–H groups in total. The van der Waals surface area contributed by atoms with E-state index in [1.54, 1.807) is 25.1 Å². The van der Waals surface area contributed by atoms with Crippen molar-refractivity contribution in [2.24, 2.45) is 0 Å². The molecule has 3 heterocycles. The van der Waals surface area contributed by atoms with E-state index in [0.717, 1.165) is 23.2 Å². The van der Waals surface area contributed by atoms with E-state index in [0.29, 0.717) is 40.0 Å². The number of likely N-dealkylation sites (N-methyl/N-ethyl adjacent to an activating group) is 1. The molecule has 8 heteroatoms. The molecule has 6 nitrogen and oxygen atoms in total. The van der Waals surface area contributed by atoms with Crippen LogP contribution in [0.15, 0.2) is 41.2 Å². The quantitative estimate of drug-likeness (QED) is 0.553. The Morgan fingerprint density at radius 3 is 2.80 bits per heavy atom. The van der Waals surface area contributed by atoms with Crippen LogP contribution in [-0.2, 0) is 13.0 Å². The second-order valence-electron chi connectivity index (χ2n) is 7.69. The monoisotopic (exact) mass is 407 g/mol. The maximum Gasteiger partial charge on any atom is 0.273 e. The summed E-state index contributed by atoms with van der Waals surface area (Å²) in [4.78, 5) is 14.6. The van der Waals surface area contributed by atoms with Crippen molar-refractivity contribution >= 4 is 11.0 Å². The molecule has 1 aliphatic heterocycles. The number of rotatable bonds is 2. The Labute approximate surface area is 170 Å². The largest absolute Gasteiger partial charge is 0.302 e. The number of fused-ring (bicyclic) bond motifs is 2. The summed E-state index contributed by atoms with van der Waals surface area (Å²) in [6.07, 6.45) is 0.786. The number of nitrogens with zero attached hydrogens (tertiary/aromatic N) is 4. The first-order valence-electron chi connectivity index (χ1n) is 9.67. The van der Waals surface area contributed by atoms with Crippen LogP contribution in [0.1, 0.15) is 16.7 Å². The lowest BCUT2D eigenvalue weighted by Gasteiger charge is -2.25. The Kier molecular flexibility index (Phi) is 4.25. The minimum absolute atomic E-state index is 0.0732. The Morgan fingerprint density at radius 1 is 1.17 bits per heavy atom. The number of para-hydroxylation sites is 1. The standard InChI is InChI=1S/C22H19F2N5O/c1-12-4-3-5-16(23)22(12)29-18(30)10-17-21(27-29)20(26-25-17)14-7-6-13-8-9-28(2)11-15(13)19(14)24/h3-7,10,25H,8-9,11H2,1-2H3. The molecule has 30 heavy (non-hydrogen) atoms. The molecular formula is C22H19F2N5O. The molecule has 0 radical (unpaired) electrons. The van der Waals surface area contributed by atoms with Crippen molar-refractivity contribution in [3.8, 4) is 16.9 Å². The first-order valence-corrected chi connectivity index (χ1v) is 9.67. The van der Waals surface area contributed by atoms with Gasteiger partial charge in [-0.3, -0.25) is 9.89 Å². The van der Waals surface area contributed by atoms with Crippen molar-refractivity contribution in [3.05, 3.63) is 75.1 Å². The lowest BCUT2D eigenvalue weighted by Crippen LogP contribution is -2.27. The van der Waals surface area contributed by atoms with E-state index in [4.69, 9.17) is 0 Å². The maximum absolute atomic E-state index is 15.4. The summed E-state index contributed by atoms with van der Waals surface area (Å²) >= 11 is 0. The fourth-order valence-electron chi connectivity index (χ4n) is 4.03. The summed E-state index contributed by atoms with van der Waals surface area (Å²) in [6, 6.07) is 9.46. The van der Waals surface area contributed by atoms with Gasteiger partial charge in [-0.25, -0.2) is 8.78 Å². The van der Waals surface area contributed by atoms with Crippen LogP contribution in [-0.4, -0.2) is 38.5 Å². The molecule has 2 aromatic heterocycles. The molecule has 0 bridgehead atoms. The zero-order valence-electron chi connectivity index (χ0n) is 16.5. The Morgan fingerprint density at radius 2 is 2.00 bits per heavy atom. The zero-order chi connectivity index (χ0) is 21.0. The van der Waals surface area contributed by atoms with E-state index in [2.05, 4.69) is 20.2 Å².